The number of rotatable bonds is 7. The van der Waals surface area contributed by atoms with E-state index in [4.69, 9.17) is 28.3 Å². The van der Waals surface area contributed by atoms with E-state index >= 15 is 0 Å². The van der Waals surface area contributed by atoms with Crippen molar-refractivity contribution < 1.29 is 23.1 Å². The van der Waals surface area contributed by atoms with Gasteiger partial charge in [-0.1, -0.05) is 53.2 Å². The molecule has 3 N–H and O–H groups in total. The molecule has 7 nitrogen and oxygen atoms in total. The summed E-state index contributed by atoms with van der Waals surface area (Å²) < 4.78 is 26.2. The number of aliphatic carboxylic acids is 1. The monoisotopic (exact) mass is 548 g/mol. The highest BCUT2D eigenvalue weighted by atomic mass is 35.5. The summed E-state index contributed by atoms with van der Waals surface area (Å²) in [6.45, 7) is -0.205. The highest BCUT2D eigenvalue weighted by Gasteiger charge is 2.25. The molecule has 0 aromatic heterocycles. The van der Waals surface area contributed by atoms with Gasteiger partial charge in [0, 0.05) is 26.2 Å². The minimum absolute atomic E-state index is 0.0871. The average molecular weight is 549 g/mol. The molecule has 1 heterocycles. The quantitative estimate of drug-likeness (QED) is 0.332. The summed E-state index contributed by atoms with van der Waals surface area (Å²) in [4.78, 5) is 24.3. The Morgan fingerprint density at radius 1 is 1.06 bits per heavy atom. The molecule has 4 rings (SSSR count). The highest BCUT2D eigenvalue weighted by Crippen LogP contribution is 2.40. The standard InChI is InChI=1S/C24H18Cl2N2O5S2/c25-18-2-1-3-19(26)17(18)13-35(32,33)16-8-9-20-21(11-16)34-22(24(31)28-20)10-14-4-6-15(7-5-14)27-12-23(29)30/h1-11,27H,12-13H2,(H,28,31)(H,29,30). The lowest BCUT2D eigenvalue weighted by Gasteiger charge is -2.19. The van der Waals surface area contributed by atoms with Crippen LogP contribution in [0, 0.1) is 0 Å². The first kappa shape index (κ1) is 25.1. The van der Waals surface area contributed by atoms with E-state index in [-0.39, 0.29) is 33.1 Å². The maximum Gasteiger partial charge on any atom is 0.322 e. The lowest BCUT2D eigenvalue weighted by molar-refractivity contribution is -0.134. The number of nitrogens with one attached hydrogen (secondary N) is 2. The number of carbonyl (C=O) groups is 2. The van der Waals surface area contributed by atoms with E-state index in [9.17, 15) is 18.0 Å². The number of thioether (sulfide) groups is 1. The zero-order valence-corrected chi connectivity index (χ0v) is 21.1. The molecule has 0 spiro atoms. The Morgan fingerprint density at radius 2 is 1.74 bits per heavy atom. The number of carboxylic acids is 1. The maximum atomic E-state index is 13.1. The van der Waals surface area contributed by atoms with E-state index in [2.05, 4.69) is 10.6 Å². The highest BCUT2D eigenvalue weighted by molar-refractivity contribution is 8.04. The van der Waals surface area contributed by atoms with Crippen molar-refractivity contribution in [3.63, 3.8) is 0 Å². The first-order valence-electron chi connectivity index (χ1n) is 10.2. The number of hydrogen-bond acceptors (Lipinski definition) is 6. The van der Waals surface area contributed by atoms with Crippen LogP contribution in [0.1, 0.15) is 11.1 Å². The van der Waals surface area contributed by atoms with Crippen LogP contribution in [0.15, 0.2) is 75.4 Å². The van der Waals surface area contributed by atoms with E-state index in [1.165, 1.54) is 12.1 Å². The van der Waals surface area contributed by atoms with Gasteiger partial charge in [-0.3, -0.25) is 9.59 Å². The Bertz CT molecular complexity index is 1430. The minimum atomic E-state index is -3.76. The average Bonchev–Trinajstić information content (AvgIpc) is 2.81. The molecule has 0 saturated heterocycles. The van der Waals surface area contributed by atoms with E-state index < -0.39 is 15.8 Å². The molecule has 0 bridgehead atoms. The summed E-state index contributed by atoms with van der Waals surface area (Å²) in [5.41, 5.74) is 2.20. The molecule has 1 amide bonds. The van der Waals surface area contributed by atoms with Crippen molar-refractivity contribution in [1.29, 1.82) is 0 Å². The molecular weight excluding hydrogens is 531 g/mol. The predicted molar refractivity (Wildman–Crippen MR) is 139 cm³/mol. The molecule has 3 aromatic rings. The van der Waals surface area contributed by atoms with Crippen LogP contribution in [0.2, 0.25) is 10.0 Å². The number of amides is 1. The fourth-order valence-electron chi connectivity index (χ4n) is 3.30. The second kappa shape index (κ2) is 10.3. The van der Waals surface area contributed by atoms with Crippen molar-refractivity contribution in [3.05, 3.63) is 86.7 Å². The molecule has 1 aliphatic rings. The Morgan fingerprint density at radius 3 is 2.40 bits per heavy atom. The van der Waals surface area contributed by atoms with Gasteiger partial charge in [0.1, 0.15) is 6.54 Å². The van der Waals surface area contributed by atoms with E-state index in [1.807, 2.05) is 0 Å². The van der Waals surface area contributed by atoms with Crippen LogP contribution in [0.5, 0.6) is 0 Å². The normalized spacial score (nSPS) is 14.3. The molecule has 0 unspecified atom stereocenters. The Hall–Kier alpha value is -2.98. The van der Waals surface area contributed by atoms with Gasteiger partial charge >= 0.3 is 5.97 Å². The number of benzene rings is 3. The molecule has 1 aliphatic heterocycles. The van der Waals surface area contributed by atoms with E-state index in [1.54, 1.807) is 54.6 Å². The number of carboxylic acid groups (broad SMARTS) is 1. The van der Waals surface area contributed by atoms with Crippen LogP contribution < -0.4 is 10.6 Å². The summed E-state index contributed by atoms with van der Waals surface area (Å²) in [6, 6.07) is 16.2. The van der Waals surface area contributed by atoms with Crippen molar-refractivity contribution in [1.82, 2.24) is 0 Å². The van der Waals surface area contributed by atoms with Crippen molar-refractivity contribution in [2.75, 3.05) is 17.2 Å². The van der Waals surface area contributed by atoms with Crippen LogP contribution >= 0.6 is 35.0 Å². The fourth-order valence-corrected chi connectivity index (χ4v) is 6.48. The first-order chi connectivity index (χ1) is 16.6. The van der Waals surface area contributed by atoms with Crippen molar-refractivity contribution >= 4 is 74.1 Å². The number of hydrogen-bond donors (Lipinski definition) is 3. The fraction of sp³-hybridized carbons (Fsp3) is 0.0833. The molecule has 11 heteroatoms. The lowest BCUT2D eigenvalue weighted by Crippen LogP contribution is -2.17. The zero-order valence-electron chi connectivity index (χ0n) is 17.9. The van der Waals surface area contributed by atoms with Gasteiger partial charge < -0.3 is 15.7 Å². The van der Waals surface area contributed by atoms with Crippen molar-refractivity contribution in [2.45, 2.75) is 15.5 Å². The number of sulfone groups is 1. The lowest BCUT2D eigenvalue weighted by atomic mass is 10.2. The van der Waals surface area contributed by atoms with Crippen molar-refractivity contribution in [3.8, 4) is 0 Å². The molecule has 0 fully saturated rings. The molecule has 0 aliphatic carbocycles. The topological polar surface area (TPSA) is 113 Å². The number of fused-ring (bicyclic) bond motifs is 1. The van der Waals surface area contributed by atoms with E-state index in [0.29, 0.717) is 26.7 Å². The summed E-state index contributed by atoms with van der Waals surface area (Å²) in [5.74, 6) is -1.64. The molecule has 0 saturated carbocycles. The van der Waals surface area contributed by atoms with Gasteiger partial charge in [0.2, 0.25) is 0 Å². The van der Waals surface area contributed by atoms with Gasteiger partial charge in [0.05, 0.1) is 21.2 Å². The molecule has 35 heavy (non-hydrogen) atoms. The molecule has 0 radical (unpaired) electrons. The second-order valence-corrected chi connectivity index (χ2v) is 11.4. The van der Waals surface area contributed by atoms with E-state index in [0.717, 1.165) is 17.3 Å². The second-order valence-electron chi connectivity index (χ2n) is 7.55. The van der Waals surface area contributed by atoms with Crippen LogP contribution in [0.3, 0.4) is 0 Å². The first-order valence-corrected chi connectivity index (χ1v) is 13.4. The third-order valence-corrected chi connectivity index (χ3v) is 8.48. The predicted octanol–water partition coefficient (Wildman–Crippen LogP) is 5.55. The SMILES string of the molecule is O=C(O)CNc1ccc(C=C2Sc3cc(S(=O)(=O)Cc4c(Cl)cccc4Cl)ccc3NC2=O)cc1. The Labute approximate surface area is 216 Å². The van der Waals surface area contributed by atoms with Crippen LogP contribution in [-0.4, -0.2) is 31.9 Å². The smallest absolute Gasteiger partial charge is 0.322 e. The minimum Gasteiger partial charge on any atom is -0.480 e. The van der Waals surface area contributed by atoms with Gasteiger partial charge in [-0.05, 0) is 54.1 Å². The molecule has 3 aromatic carbocycles. The Balaban J connectivity index is 1.57. The third-order valence-electron chi connectivity index (χ3n) is 5.05. The summed E-state index contributed by atoms with van der Waals surface area (Å²) in [6.07, 6.45) is 1.68. The van der Waals surface area contributed by atoms with Crippen molar-refractivity contribution in [2.24, 2.45) is 0 Å². The summed E-state index contributed by atoms with van der Waals surface area (Å²) >= 11 is 13.5. The maximum absolute atomic E-state index is 13.1. The third kappa shape index (κ3) is 5.99. The number of anilines is 2. The summed E-state index contributed by atoms with van der Waals surface area (Å²) in [5, 5.41) is 14.8. The van der Waals surface area contributed by atoms with Gasteiger partial charge in [-0.25, -0.2) is 8.42 Å². The largest absolute Gasteiger partial charge is 0.480 e. The Kier molecular flexibility index (Phi) is 7.42. The van der Waals surface area contributed by atoms with Crippen LogP contribution in [0.4, 0.5) is 11.4 Å². The van der Waals surface area contributed by atoms with Gasteiger partial charge in [0.25, 0.3) is 5.91 Å². The summed E-state index contributed by atoms with van der Waals surface area (Å²) in [7, 11) is -3.76. The van der Waals surface area contributed by atoms with Gasteiger partial charge in [-0.15, -0.1) is 0 Å². The molecular formula is C24H18Cl2N2O5S2. The number of carbonyl (C=O) groups excluding carboxylic acids is 1. The number of halogens is 2. The molecule has 0 atom stereocenters. The zero-order chi connectivity index (χ0) is 25.2. The van der Waals surface area contributed by atoms with Gasteiger partial charge in [0.15, 0.2) is 9.84 Å². The van der Waals surface area contributed by atoms with Gasteiger partial charge in [-0.2, -0.15) is 0 Å². The van der Waals surface area contributed by atoms with Crippen LogP contribution in [0.25, 0.3) is 6.08 Å². The van der Waals surface area contributed by atoms with Crippen LogP contribution in [-0.2, 0) is 25.2 Å². The molecule has 180 valence electrons.